The van der Waals surface area contributed by atoms with Crippen molar-refractivity contribution < 1.29 is 29.3 Å². The van der Waals surface area contributed by atoms with E-state index in [0.29, 0.717) is 47.6 Å². The molecular formula is C45H66ClNO6. The number of phenolic OH excluding ortho intramolecular Hbond substituents is 1. The van der Waals surface area contributed by atoms with Crippen molar-refractivity contribution in [3.05, 3.63) is 40.9 Å². The third-order valence-corrected chi connectivity index (χ3v) is 17.0. The van der Waals surface area contributed by atoms with E-state index in [1.54, 1.807) is 12.1 Å². The van der Waals surface area contributed by atoms with Gasteiger partial charge in [-0.05, 0) is 145 Å². The number of carboxylic acid groups (broad SMARTS) is 1. The molecule has 0 aliphatic heterocycles. The van der Waals surface area contributed by atoms with Crippen molar-refractivity contribution in [3.8, 4) is 5.75 Å². The van der Waals surface area contributed by atoms with Crippen LogP contribution < -0.4 is 5.32 Å². The fraction of sp³-hybridized carbons (Fsp3) is 0.756. The lowest BCUT2D eigenvalue weighted by Crippen LogP contribution is -2.67. The lowest BCUT2D eigenvalue weighted by Gasteiger charge is -2.73. The van der Waals surface area contributed by atoms with Gasteiger partial charge in [-0.2, -0.15) is 0 Å². The second kappa shape index (κ2) is 13.9. The normalized spacial score (nSPS) is 38.7. The van der Waals surface area contributed by atoms with Crippen molar-refractivity contribution in [1.29, 1.82) is 0 Å². The van der Waals surface area contributed by atoms with Crippen LogP contribution in [0.4, 0.5) is 0 Å². The SMILES string of the molecule is C=C(C)C1CC[C@]2(CC(=O)NCc3ccc(Cl)c(O)c3)CC[C@]3(C)[C@H](CCC4[C@@]5(C)CC[C@H](OC(=O)CC(C)(C)CC(=O)O)C(C)(C)C5CC[C@]43C)C12. The molecule has 1 aromatic carbocycles. The standard InChI is InChI=1S/C45H66ClNO6/c1-27(2)29-14-19-45(23-36(49)47-26-28-10-12-31(46)32(48)22-28)21-20-43(8)30(39(29)45)11-13-34-42(7)17-16-35(41(5,6)33(42)15-18-44(34,43)9)53-38(52)25-40(3,4)24-37(50)51/h10,12,22,29-30,33-35,39,48H,1,11,13-21,23-26H2,2-9H3,(H,47,49)(H,50,51)/t29?,30-,33?,34?,35+,39?,42+,43-,44-,45-/m1/s1. The van der Waals surface area contributed by atoms with Gasteiger partial charge in [0.2, 0.25) is 5.91 Å². The molecule has 1 aromatic rings. The second-order valence-electron chi connectivity index (χ2n) is 20.5. The fourth-order valence-electron chi connectivity index (χ4n) is 14.1. The highest BCUT2D eigenvalue weighted by Crippen LogP contribution is 2.78. The van der Waals surface area contributed by atoms with E-state index in [-0.39, 0.29) is 63.6 Å². The summed E-state index contributed by atoms with van der Waals surface area (Å²) in [6, 6.07) is 5.15. The number of aliphatic carboxylic acids is 1. The van der Waals surface area contributed by atoms with Crippen molar-refractivity contribution in [3.63, 3.8) is 0 Å². The first kappa shape index (κ1) is 40.1. The van der Waals surface area contributed by atoms with Crippen LogP contribution in [0.5, 0.6) is 5.75 Å². The number of nitrogens with one attached hydrogen (secondary N) is 1. The highest BCUT2D eigenvalue weighted by molar-refractivity contribution is 6.32. The van der Waals surface area contributed by atoms with Gasteiger partial charge >= 0.3 is 11.9 Å². The van der Waals surface area contributed by atoms with Gasteiger partial charge in [0.1, 0.15) is 11.9 Å². The third kappa shape index (κ3) is 6.86. The molecule has 0 bridgehead atoms. The highest BCUT2D eigenvalue weighted by Gasteiger charge is 2.71. The second-order valence-corrected chi connectivity index (χ2v) is 20.9. The first-order valence-electron chi connectivity index (χ1n) is 20.4. The first-order valence-corrected chi connectivity index (χ1v) is 20.8. The molecule has 3 N–H and O–H groups in total. The lowest BCUT2D eigenvalue weighted by molar-refractivity contribution is -0.250. The number of aromatic hydroxyl groups is 1. The van der Waals surface area contributed by atoms with E-state index in [1.165, 1.54) is 18.4 Å². The lowest BCUT2D eigenvalue weighted by atomic mass is 9.32. The number of carboxylic acids is 1. The minimum Gasteiger partial charge on any atom is -0.506 e. The highest BCUT2D eigenvalue weighted by atomic mass is 35.5. The number of phenols is 1. The molecule has 5 fully saturated rings. The maximum Gasteiger partial charge on any atom is 0.306 e. The molecule has 0 spiro atoms. The van der Waals surface area contributed by atoms with E-state index in [1.807, 2.05) is 19.9 Å². The van der Waals surface area contributed by atoms with Gasteiger partial charge in [-0.1, -0.05) is 78.3 Å². The molecule has 10 atom stereocenters. The predicted molar refractivity (Wildman–Crippen MR) is 209 cm³/mol. The summed E-state index contributed by atoms with van der Waals surface area (Å²) in [5, 5.41) is 22.9. The van der Waals surface area contributed by atoms with E-state index < -0.39 is 11.4 Å². The molecule has 0 saturated heterocycles. The Morgan fingerprint density at radius 2 is 1.64 bits per heavy atom. The van der Waals surface area contributed by atoms with E-state index >= 15 is 0 Å². The number of ether oxygens (including phenoxy) is 1. The van der Waals surface area contributed by atoms with E-state index in [0.717, 1.165) is 56.9 Å². The van der Waals surface area contributed by atoms with Crippen LogP contribution in [0.1, 0.15) is 144 Å². The summed E-state index contributed by atoms with van der Waals surface area (Å²) in [6.07, 6.45) is 11.3. The summed E-state index contributed by atoms with van der Waals surface area (Å²) < 4.78 is 6.27. The molecule has 0 aromatic heterocycles. The molecule has 4 unspecified atom stereocenters. The molecule has 294 valence electrons. The third-order valence-electron chi connectivity index (χ3n) is 16.7. The van der Waals surface area contributed by atoms with Crippen LogP contribution in [0.3, 0.4) is 0 Å². The number of benzene rings is 1. The summed E-state index contributed by atoms with van der Waals surface area (Å²) in [6.45, 7) is 23.2. The molecule has 5 aliphatic carbocycles. The maximum absolute atomic E-state index is 13.8. The molecule has 0 heterocycles. The van der Waals surface area contributed by atoms with E-state index in [9.17, 15) is 24.6 Å². The maximum atomic E-state index is 13.8. The summed E-state index contributed by atoms with van der Waals surface area (Å²) in [5.74, 6) is 1.34. The first-order chi connectivity index (χ1) is 24.6. The molecule has 1 amide bonds. The largest absolute Gasteiger partial charge is 0.506 e. The number of allylic oxidation sites excluding steroid dienone is 1. The van der Waals surface area contributed by atoms with Crippen LogP contribution in [0, 0.1) is 62.1 Å². The zero-order chi connectivity index (χ0) is 38.9. The van der Waals surface area contributed by atoms with Crippen LogP contribution in [0.2, 0.25) is 5.02 Å². The van der Waals surface area contributed by atoms with E-state index in [2.05, 4.69) is 53.4 Å². The molecule has 8 heteroatoms. The van der Waals surface area contributed by atoms with Crippen molar-refractivity contribution in [2.24, 2.45) is 62.1 Å². The minimum atomic E-state index is -0.893. The van der Waals surface area contributed by atoms with Gasteiger partial charge in [0.15, 0.2) is 0 Å². The number of carbonyl (C=O) groups excluding carboxylic acids is 2. The quantitative estimate of drug-likeness (QED) is 0.162. The van der Waals surface area contributed by atoms with Gasteiger partial charge < -0.3 is 20.3 Å². The number of hydrogen-bond donors (Lipinski definition) is 3. The fourth-order valence-corrected chi connectivity index (χ4v) is 14.2. The Morgan fingerprint density at radius 3 is 2.30 bits per heavy atom. The van der Waals surface area contributed by atoms with Crippen LogP contribution >= 0.6 is 11.6 Å². The van der Waals surface area contributed by atoms with Gasteiger partial charge in [0, 0.05) is 18.4 Å². The Hall–Kier alpha value is -2.54. The predicted octanol–water partition coefficient (Wildman–Crippen LogP) is 10.5. The zero-order valence-corrected chi connectivity index (χ0v) is 34.5. The average Bonchev–Trinajstić information content (AvgIpc) is 3.42. The van der Waals surface area contributed by atoms with Crippen molar-refractivity contribution in [2.75, 3.05) is 0 Å². The molecular weight excluding hydrogens is 686 g/mol. The Labute approximate surface area is 323 Å². The number of amides is 1. The average molecular weight is 752 g/mol. The summed E-state index contributed by atoms with van der Waals surface area (Å²) in [4.78, 5) is 38.4. The number of carbonyl (C=O) groups is 3. The number of hydrogen-bond acceptors (Lipinski definition) is 5. The summed E-state index contributed by atoms with van der Waals surface area (Å²) in [5.41, 5.74) is 1.67. The Morgan fingerprint density at radius 1 is 0.925 bits per heavy atom. The molecule has 53 heavy (non-hydrogen) atoms. The number of esters is 1. The Balaban J connectivity index is 1.21. The number of fused-ring (bicyclic) bond motifs is 7. The summed E-state index contributed by atoms with van der Waals surface area (Å²) in [7, 11) is 0. The Bertz CT molecular complexity index is 1640. The van der Waals surface area contributed by atoms with E-state index in [4.69, 9.17) is 16.3 Å². The smallest absolute Gasteiger partial charge is 0.306 e. The molecule has 0 radical (unpaired) electrons. The van der Waals surface area contributed by atoms with Gasteiger partial charge in [-0.3, -0.25) is 14.4 Å². The monoisotopic (exact) mass is 751 g/mol. The molecule has 5 aliphatic rings. The topological polar surface area (TPSA) is 113 Å². The number of halogens is 1. The van der Waals surface area contributed by atoms with Gasteiger partial charge in [-0.15, -0.1) is 0 Å². The zero-order valence-electron chi connectivity index (χ0n) is 33.7. The molecule has 7 nitrogen and oxygen atoms in total. The van der Waals surface area contributed by atoms with Gasteiger partial charge in [-0.25, -0.2) is 0 Å². The van der Waals surface area contributed by atoms with Crippen LogP contribution in [-0.2, 0) is 25.7 Å². The minimum absolute atomic E-state index is 0.0323. The molecule has 5 saturated carbocycles. The number of rotatable bonds is 10. The molecule has 6 rings (SSSR count). The van der Waals surface area contributed by atoms with Gasteiger partial charge in [0.05, 0.1) is 17.9 Å². The summed E-state index contributed by atoms with van der Waals surface area (Å²) >= 11 is 6.02. The van der Waals surface area contributed by atoms with Crippen molar-refractivity contribution in [2.45, 2.75) is 152 Å². The van der Waals surface area contributed by atoms with Gasteiger partial charge in [0.25, 0.3) is 0 Å². The Kier molecular flexibility index (Phi) is 10.5. The van der Waals surface area contributed by atoms with Crippen molar-refractivity contribution >= 4 is 29.4 Å². The van der Waals surface area contributed by atoms with Crippen LogP contribution in [-0.4, -0.2) is 34.2 Å². The van der Waals surface area contributed by atoms with Crippen molar-refractivity contribution in [1.82, 2.24) is 5.32 Å². The van der Waals surface area contributed by atoms with Crippen LogP contribution in [0.15, 0.2) is 30.4 Å². The van der Waals surface area contributed by atoms with Crippen LogP contribution in [0.25, 0.3) is 0 Å².